The van der Waals surface area contributed by atoms with E-state index in [0.29, 0.717) is 17.0 Å². The SMILES string of the molecule is Cc1nc2cc(/C(N)=N\O)ccn2n1. The third-order valence-electron chi connectivity index (χ3n) is 1.85. The van der Waals surface area contributed by atoms with E-state index in [2.05, 4.69) is 15.2 Å². The molecule has 0 fully saturated rings. The Kier molecular flexibility index (Phi) is 1.81. The van der Waals surface area contributed by atoms with E-state index >= 15 is 0 Å². The zero-order chi connectivity index (χ0) is 10.1. The summed E-state index contributed by atoms with van der Waals surface area (Å²) in [4.78, 5) is 4.15. The second-order valence-electron chi connectivity index (χ2n) is 2.86. The molecule has 0 saturated heterocycles. The Morgan fingerprint density at radius 2 is 2.43 bits per heavy atom. The Hall–Kier alpha value is -2.11. The van der Waals surface area contributed by atoms with Gasteiger partial charge in [-0.05, 0) is 19.1 Å². The molecule has 0 aliphatic carbocycles. The molecule has 0 amide bonds. The molecule has 0 bridgehead atoms. The van der Waals surface area contributed by atoms with Crippen LogP contribution in [-0.4, -0.2) is 25.6 Å². The van der Waals surface area contributed by atoms with Gasteiger partial charge in [-0.25, -0.2) is 9.50 Å². The van der Waals surface area contributed by atoms with E-state index in [9.17, 15) is 0 Å². The summed E-state index contributed by atoms with van der Waals surface area (Å²) >= 11 is 0. The molecule has 2 aromatic rings. The molecule has 14 heavy (non-hydrogen) atoms. The minimum absolute atomic E-state index is 0.0631. The largest absolute Gasteiger partial charge is 0.409 e. The molecule has 0 aliphatic heterocycles. The van der Waals surface area contributed by atoms with Crippen molar-refractivity contribution in [2.24, 2.45) is 10.9 Å². The van der Waals surface area contributed by atoms with E-state index in [1.165, 1.54) is 0 Å². The maximum absolute atomic E-state index is 8.49. The van der Waals surface area contributed by atoms with Crippen LogP contribution in [0.15, 0.2) is 23.5 Å². The van der Waals surface area contributed by atoms with Gasteiger partial charge in [-0.2, -0.15) is 5.10 Å². The van der Waals surface area contributed by atoms with Crippen molar-refractivity contribution in [3.8, 4) is 0 Å². The first kappa shape index (κ1) is 8.49. The molecule has 0 aliphatic rings. The van der Waals surface area contributed by atoms with Crippen molar-refractivity contribution in [3.05, 3.63) is 29.7 Å². The molecule has 2 aromatic heterocycles. The number of oxime groups is 1. The fourth-order valence-corrected chi connectivity index (χ4v) is 1.21. The van der Waals surface area contributed by atoms with Gasteiger partial charge in [0.05, 0.1) is 0 Å². The first-order valence-corrected chi connectivity index (χ1v) is 4.01. The molecule has 6 nitrogen and oxygen atoms in total. The van der Waals surface area contributed by atoms with Crippen LogP contribution in [0.4, 0.5) is 0 Å². The minimum atomic E-state index is 0.0631. The number of nitrogens with two attached hydrogens (primary N) is 1. The lowest BCUT2D eigenvalue weighted by atomic mass is 10.2. The van der Waals surface area contributed by atoms with Crippen LogP contribution in [0.2, 0.25) is 0 Å². The van der Waals surface area contributed by atoms with Crippen LogP contribution >= 0.6 is 0 Å². The van der Waals surface area contributed by atoms with Crippen LogP contribution in [0, 0.1) is 6.92 Å². The zero-order valence-electron chi connectivity index (χ0n) is 7.55. The van der Waals surface area contributed by atoms with E-state index in [4.69, 9.17) is 10.9 Å². The number of hydrogen-bond donors (Lipinski definition) is 2. The topological polar surface area (TPSA) is 88.8 Å². The lowest BCUT2D eigenvalue weighted by Gasteiger charge is -1.97. The number of aryl methyl sites for hydroxylation is 1. The molecule has 0 atom stereocenters. The number of aromatic nitrogens is 3. The zero-order valence-corrected chi connectivity index (χ0v) is 7.55. The highest BCUT2D eigenvalue weighted by Crippen LogP contribution is 2.04. The number of fused-ring (bicyclic) bond motifs is 1. The molecular weight excluding hydrogens is 182 g/mol. The fraction of sp³-hybridized carbons (Fsp3) is 0.125. The van der Waals surface area contributed by atoms with Gasteiger partial charge in [0.1, 0.15) is 5.82 Å². The average Bonchev–Trinajstić information content (AvgIpc) is 2.55. The van der Waals surface area contributed by atoms with Gasteiger partial charge in [-0.3, -0.25) is 0 Å². The summed E-state index contributed by atoms with van der Waals surface area (Å²) in [6.45, 7) is 1.80. The summed E-state index contributed by atoms with van der Waals surface area (Å²) in [5.41, 5.74) is 6.73. The van der Waals surface area contributed by atoms with E-state index < -0.39 is 0 Å². The number of amidine groups is 1. The number of hydrogen-bond acceptors (Lipinski definition) is 4. The standard InChI is InChI=1S/C8H9N5O/c1-5-10-7-4-6(8(9)12-14)2-3-13(7)11-5/h2-4,14H,1H3,(H2,9,12). The molecule has 0 unspecified atom stereocenters. The Balaban J connectivity index is 2.61. The Bertz CT molecular complexity index is 501. The highest BCUT2D eigenvalue weighted by Gasteiger charge is 2.03. The summed E-state index contributed by atoms with van der Waals surface area (Å²) < 4.78 is 1.63. The van der Waals surface area contributed by atoms with Gasteiger partial charge in [0.25, 0.3) is 0 Å². The third kappa shape index (κ3) is 1.26. The lowest BCUT2D eigenvalue weighted by Crippen LogP contribution is -2.13. The molecule has 3 N–H and O–H groups in total. The van der Waals surface area contributed by atoms with Gasteiger partial charge in [0.2, 0.25) is 0 Å². The van der Waals surface area contributed by atoms with E-state index in [0.717, 1.165) is 0 Å². The highest BCUT2D eigenvalue weighted by atomic mass is 16.4. The Morgan fingerprint density at radius 1 is 1.64 bits per heavy atom. The van der Waals surface area contributed by atoms with Crippen molar-refractivity contribution < 1.29 is 5.21 Å². The van der Waals surface area contributed by atoms with Crippen LogP contribution in [-0.2, 0) is 0 Å². The van der Waals surface area contributed by atoms with E-state index in [1.54, 1.807) is 29.8 Å². The Morgan fingerprint density at radius 3 is 3.14 bits per heavy atom. The maximum Gasteiger partial charge on any atom is 0.170 e. The molecule has 0 spiro atoms. The number of nitrogens with zero attached hydrogens (tertiary/aromatic N) is 4. The number of rotatable bonds is 1. The smallest absolute Gasteiger partial charge is 0.170 e. The van der Waals surface area contributed by atoms with Crippen molar-refractivity contribution >= 4 is 11.5 Å². The summed E-state index contributed by atoms with van der Waals surface area (Å²) in [5, 5.41) is 15.5. The van der Waals surface area contributed by atoms with Crippen molar-refractivity contribution in [1.29, 1.82) is 0 Å². The first-order valence-electron chi connectivity index (χ1n) is 4.01. The summed E-state index contributed by atoms with van der Waals surface area (Å²) in [6.07, 6.45) is 1.71. The molecule has 0 saturated carbocycles. The second-order valence-corrected chi connectivity index (χ2v) is 2.86. The molecule has 72 valence electrons. The van der Waals surface area contributed by atoms with Crippen LogP contribution < -0.4 is 5.73 Å². The minimum Gasteiger partial charge on any atom is -0.409 e. The van der Waals surface area contributed by atoms with Crippen molar-refractivity contribution in [3.63, 3.8) is 0 Å². The van der Waals surface area contributed by atoms with Gasteiger partial charge in [-0.1, -0.05) is 5.16 Å². The van der Waals surface area contributed by atoms with E-state index in [1.807, 2.05) is 0 Å². The van der Waals surface area contributed by atoms with Crippen molar-refractivity contribution in [2.75, 3.05) is 0 Å². The third-order valence-corrected chi connectivity index (χ3v) is 1.85. The van der Waals surface area contributed by atoms with Gasteiger partial charge in [0, 0.05) is 11.8 Å². The first-order chi connectivity index (χ1) is 6.70. The average molecular weight is 191 g/mol. The van der Waals surface area contributed by atoms with Gasteiger partial charge >= 0.3 is 0 Å². The van der Waals surface area contributed by atoms with Crippen molar-refractivity contribution in [1.82, 2.24) is 14.6 Å². The Labute approximate surface area is 79.7 Å². The molecule has 0 radical (unpaired) electrons. The summed E-state index contributed by atoms with van der Waals surface area (Å²) in [7, 11) is 0. The van der Waals surface area contributed by atoms with Crippen LogP contribution in [0.3, 0.4) is 0 Å². The predicted octanol–water partition coefficient (Wildman–Crippen LogP) is 0.132. The summed E-state index contributed by atoms with van der Waals surface area (Å²) in [5.74, 6) is 0.745. The van der Waals surface area contributed by atoms with Crippen molar-refractivity contribution in [2.45, 2.75) is 6.92 Å². The molecule has 2 rings (SSSR count). The highest BCUT2D eigenvalue weighted by molar-refractivity contribution is 5.97. The second kappa shape index (κ2) is 2.99. The molecule has 6 heteroatoms. The van der Waals surface area contributed by atoms with Crippen LogP contribution in [0.5, 0.6) is 0 Å². The normalized spacial score (nSPS) is 12.2. The predicted molar refractivity (Wildman–Crippen MR) is 50.2 cm³/mol. The monoisotopic (exact) mass is 191 g/mol. The lowest BCUT2D eigenvalue weighted by molar-refractivity contribution is 0.318. The van der Waals surface area contributed by atoms with Gasteiger partial charge in [-0.15, -0.1) is 0 Å². The summed E-state index contributed by atoms with van der Waals surface area (Å²) in [6, 6.07) is 3.41. The van der Waals surface area contributed by atoms with E-state index in [-0.39, 0.29) is 5.84 Å². The maximum atomic E-state index is 8.49. The van der Waals surface area contributed by atoms with Crippen LogP contribution in [0.25, 0.3) is 5.65 Å². The molecule has 2 heterocycles. The molecular formula is C8H9N5O. The molecule has 0 aromatic carbocycles. The quantitative estimate of drug-likeness (QED) is 0.290. The fourth-order valence-electron chi connectivity index (χ4n) is 1.21. The van der Waals surface area contributed by atoms with Gasteiger partial charge < -0.3 is 10.9 Å². The van der Waals surface area contributed by atoms with Gasteiger partial charge in [0.15, 0.2) is 11.5 Å². The van der Waals surface area contributed by atoms with Crippen LogP contribution in [0.1, 0.15) is 11.4 Å². The number of pyridine rings is 1.